The zero-order chi connectivity index (χ0) is 22.9. The van der Waals surface area contributed by atoms with Gasteiger partial charge in [-0.15, -0.1) is 11.3 Å². The van der Waals surface area contributed by atoms with Crippen LogP contribution in [0.2, 0.25) is 10.0 Å². The summed E-state index contributed by atoms with van der Waals surface area (Å²) in [5, 5.41) is 9.59. The first-order valence-electron chi connectivity index (χ1n) is 9.99. The first-order chi connectivity index (χ1) is 14.5. The van der Waals surface area contributed by atoms with E-state index in [1.165, 1.54) is 11.3 Å². The molecule has 0 unspecified atom stereocenters. The van der Waals surface area contributed by atoms with E-state index in [1.807, 2.05) is 51.4 Å². The monoisotopic (exact) mass is 480 g/mol. The number of carbonyl (C=O) groups excluding carboxylic acids is 2. The Hall–Kier alpha value is -2.09. The second-order valence-electron chi connectivity index (χ2n) is 8.43. The first kappa shape index (κ1) is 23.6. The zero-order valence-corrected chi connectivity index (χ0v) is 20.6. The molecule has 0 aliphatic rings. The number of aromatic nitrogens is 2. The van der Waals surface area contributed by atoms with Crippen molar-refractivity contribution < 1.29 is 9.59 Å². The average molecular weight is 481 g/mol. The Morgan fingerprint density at radius 2 is 1.94 bits per heavy atom. The molecule has 2 heterocycles. The van der Waals surface area contributed by atoms with Crippen LogP contribution in [0.4, 0.5) is 0 Å². The summed E-state index contributed by atoms with van der Waals surface area (Å²) in [6.07, 6.45) is 0. The molecule has 0 atom stereocenters. The topological polar surface area (TPSA) is 67.2 Å². The Balaban J connectivity index is 1.85. The van der Waals surface area contributed by atoms with Crippen molar-refractivity contribution in [1.82, 2.24) is 20.0 Å². The fourth-order valence-corrected chi connectivity index (χ4v) is 4.85. The van der Waals surface area contributed by atoms with Crippen molar-refractivity contribution in [2.75, 3.05) is 13.1 Å². The van der Waals surface area contributed by atoms with Gasteiger partial charge in [-0.05, 0) is 58.4 Å². The Kier molecular flexibility index (Phi) is 6.98. The molecule has 1 N–H and O–H groups in total. The van der Waals surface area contributed by atoms with Crippen LogP contribution in [0.5, 0.6) is 0 Å². The van der Waals surface area contributed by atoms with Gasteiger partial charge in [0.15, 0.2) is 0 Å². The van der Waals surface area contributed by atoms with Gasteiger partial charge in [0.25, 0.3) is 5.91 Å². The number of benzene rings is 1. The summed E-state index contributed by atoms with van der Waals surface area (Å²) in [4.78, 5) is 28.4. The summed E-state index contributed by atoms with van der Waals surface area (Å²) in [6, 6.07) is 7.23. The summed E-state index contributed by atoms with van der Waals surface area (Å²) < 4.78 is 1.85. The highest BCUT2D eigenvalue weighted by molar-refractivity contribution is 7.20. The Bertz CT molecular complexity index is 1130. The summed E-state index contributed by atoms with van der Waals surface area (Å²) in [5.41, 5.74) is 1.38. The molecule has 0 saturated carbocycles. The maximum Gasteiger partial charge on any atom is 0.264 e. The Labute approximate surface area is 196 Å². The summed E-state index contributed by atoms with van der Waals surface area (Å²) in [7, 11) is 0. The van der Waals surface area contributed by atoms with E-state index in [4.69, 9.17) is 23.2 Å². The first-order valence-corrected chi connectivity index (χ1v) is 11.6. The minimum Gasteiger partial charge on any atom is -0.350 e. The maximum absolute atomic E-state index is 13.1. The molecule has 9 heteroatoms. The predicted molar refractivity (Wildman–Crippen MR) is 127 cm³/mol. The third-order valence-electron chi connectivity index (χ3n) is 4.67. The number of halogens is 2. The maximum atomic E-state index is 13.1. The quantitative estimate of drug-likeness (QED) is 0.530. The molecule has 31 heavy (non-hydrogen) atoms. The molecule has 0 aliphatic carbocycles. The van der Waals surface area contributed by atoms with Gasteiger partial charge in [0.05, 0.1) is 23.7 Å². The van der Waals surface area contributed by atoms with Crippen LogP contribution in [0.3, 0.4) is 0 Å². The van der Waals surface area contributed by atoms with Crippen molar-refractivity contribution in [2.45, 2.75) is 46.7 Å². The van der Waals surface area contributed by atoms with Crippen LogP contribution in [0, 0.1) is 6.92 Å². The van der Waals surface area contributed by atoms with E-state index in [-0.39, 0.29) is 23.9 Å². The van der Waals surface area contributed by atoms with E-state index in [0.717, 1.165) is 21.5 Å². The lowest BCUT2D eigenvalue weighted by atomic mass is 10.1. The molecule has 0 fully saturated rings. The van der Waals surface area contributed by atoms with Gasteiger partial charge >= 0.3 is 0 Å². The Morgan fingerprint density at radius 1 is 1.23 bits per heavy atom. The van der Waals surface area contributed by atoms with Gasteiger partial charge in [-0.3, -0.25) is 14.3 Å². The van der Waals surface area contributed by atoms with Gasteiger partial charge < -0.3 is 10.2 Å². The summed E-state index contributed by atoms with van der Waals surface area (Å²) >= 11 is 13.7. The molecule has 2 amide bonds. The van der Waals surface area contributed by atoms with Gasteiger partial charge in [-0.2, -0.15) is 5.10 Å². The van der Waals surface area contributed by atoms with Crippen LogP contribution in [-0.2, 0) is 11.3 Å². The van der Waals surface area contributed by atoms with E-state index in [0.29, 0.717) is 28.0 Å². The Morgan fingerprint density at radius 3 is 2.55 bits per heavy atom. The van der Waals surface area contributed by atoms with Crippen molar-refractivity contribution in [3.8, 4) is 0 Å². The van der Waals surface area contributed by atoms with Gasteiger partial charge in [0.1, 0.15) is 4.83 Å². The van der Waals surface area contributed by atoms with E-state index >= 15 is 0 Å². The SMILES string of the molecule is CCN(CC(=O)NC(C)(C)C)C(=O)c1cc2c(C)nn(Cc3ccc(Cl)cc3Cl)c2s1. The highest BCUT2D eigenvalue weighted by atomic mass is 35.5. The van der Waals surface area contributed by atoms with Crippen LogP contribution in [0.1, 0.15) is 48.6 Å². The lowest BCUT2D eigenvalue weighted by Gasteiger charge is -2.24. The van der Waals surface area contributed by atoms with Crippen molar-refractivity contribution in [2.24, 2.45) is 0 Å². The molecule has 1 aromatic carbocycles. The number of aryl methyl sites for hydroxylation is 1. The van der Waals surface area contributed by atoms with Crippen LogP contribution < -0.4 is 5.32 Å². The summed E-state index contributed by atoms with van der Waals surface area (Å²) in [6.45, 7) is 10.5. The van der Waals surface area contributed by atoms with E-state index in [9.17, 15) is 9.59 Å². The van der Waals surface area contributed by atoms with Gasteiger partial charge in [-0.25, -0.2) is 0 Å². The van der Waals surface area contributed by atoms with Crippen molar-refractivity contribution in [1.29, 1.82) is 0 Å². The third-order valence-corrected chi connectivity index (χ3v) is 6.39. The number of thiophene rings is 1. The largest absolute Gasteiger partial charge is 0.350 e. The molecule has 3 rings (SSSR count). The number of hydrogen-bond acceptors (Lipinski definition) is 4. The molecule has 3 aromatic rings. The van der Waals surface area contributed by atoms with Crippen LogP contribution in [0.25, 0.3) is 10.2 Å². The third kappa shape index (κ3) is 5.59. The van der Waals surface area contributed by atoms with Gasteiger partial charge in [-0.1, -0.05) is 29.3 Å². The van der Waals surface area contributed by atoms with Crippen molar-refractivity contribution >= 4 is 56.6 Å². The molecule has 6 nitrogen and oxygen atoms in total. The molecule has 0 radical (unpaired) electrons. The van der Waals surface area contributed by atoms with E-state index in [1.54, 1.807) is 17.0 Å². The van der Waals surface area contributed by atoms with Crippen LogP contribution in [-0.4, -0.2) is 45.1 Å². The number of nitrogens with zero attached hydrogens (tertiary/aromatic N) is 3. The summed E-state index contributed by atoms with van der Waals surface area (Å²) in [5.74, 6) is -0.341. The minimum atomic E-state index is -0.347. The van der Waals surface area contributed by atoms with Gasteiger partial charge in [0.2, 0.25) is 5.91 Å². The molecule has 2 aromatic heterocycles. The highest BCUT2D eigenvalue weighted by Crippen LogP contribution is 2.31. The van der Waals surface area contributed by atoms with E-state index in [2.05, 4.69) is 10.4 Å². The minimum absolute atomic E-state index is 0.0202. The van der Waals surface area contributed by atoms with Gasteiger partial charge in [0, 0.05) is 27.5 Å². The van der Waals surface area contributed by atoms with Crippen LogP contribution >= 0.6 is 34.5 Å². The van der Waals surface area contributed by atoms with Crippen molar-refractivity contribution in [3.05, 3.63) is 50.4 Å². The standard InChI is InChI=1S/C22H26Cl2N4O2S/c1-6-27(12-19(29)25-22(3,4)5)20(30)18-10-16-13(2)26-28(21(16)31-18)11-14-7-8-15(23)9-17(14)24/h7-10H,6,11-12H2,1-5H3,(H,25,29). The molecule has 166 valence electrons. The highest BCUT2D eigenvalue weighted by Gasteiger charge is 2.23. The number of fused-ring (bicyclic) bond motifs is 1. The predicted octanol–water partition coefficient (Wildman–Crippen LogP) is 5.14. The molecular weight excluding hydrogens is 455 g/mol. The number of carbonyl (C=O) groups is 2. The lowest BCUT2D eigenvalue weighted by Crippen LogP contribution is -2.47. The number of amides is 2. The van der Waals surface area contributed by atoms with E-state index < -0.39 is 0 Å². The number of likely N-dealkylation sites (N-methyl/N-ethyl adjacent to an activating group) is 1. The number of nitrogens with one attached hydrogen (secondary N) is 1. The second kappa shape index (κ2) is 9.18. The fraction of sp³-hybridized carbons (Fsp3) is 0.409. The zero-order valence-electron chi connectivity index (χ0n) is 18.3. The normalized spacial score (nSPS) is 11.7. The molecule has 0 spiro atoms. The smallest absolute Gasteiger partial charge is 0.264 e. The average Bonchev–Trinajstić information content (AvgIpc) is 3.21. The molecule has 0 aliphatic heterocycles. The molecule has 0 bridgehead atoms. The number of rotatable bonds is 6. The molecule has 0 saturated heterocycles. The second-order valence-corrected chi connectivity index (χ2v) is 10.3. The van der Waals surface area contributed by atoms with Crippen molar-refractivity contribution in [3.63, 3.8) is 0 Å². The lowest BCUT2D eigenvalue weighted by molar-refractivity contribution is -0.123. The fourth-order valence-electron chi connectivity index (χ4n) is 3.25. The molecular formula is C22H26Cl2N4O2S. The number of hydrogen-bond donors (Lipinski definition) is 1. The van der Waals surface area contributed by atoms with Crippen LogP contribution in [0.15, 0.2) is 24.3 Å².